The van der Waals surface area contributed by atoms with Gasteiger partial charge in [0.15, 0.2) is 5.82 Å². The summed E-state index contributed by atoms with van der Waals surface area (Å²) in [5.41, 5.74) is 0.935. The molecule has 22 heavy (non-hydrogen) atoms. The van der Waals surface area contributed by atoms with Crippen LogP contribution in [0.5, 0.6) is 0 Å². The summed E-state index contributed by atoms with van der Waals surface area (Å²) in [7, 11) is 3.85. The number of aromatic nitrogens is 4. The van der Waals surface area contributed by atoms with Crippen molar-refractivity contribution in [3.63, 3.8) is 0 Å². The lowest BCUT2D eigenvalue weighted by Gasteiger charge is -2.27. The van der Waals surface area contributed by atoms with Gasteiger partial charge in [-0.05, 0) is 12.1 Å². The minimum absolute atomic E-state index is 0. The molecule has 2 aromatic heterocycles. The molecule has 1 fully saturated rings. The number of anilines is 2. The van der Waals surface area contributed by atoms with Crippen LogP contribution in [0, 0.1) is 0 Å². The lowest BCUT2D eigenvalue weighted by molar-refractivity contribution is 0.122. The van der Waals surface area contributed by atoms with Gasteiger partial charge in [-0.1, -0.05) is 0 Å². The number of rotatable bonds is 3. The third kappa shape index (κ3) is 3.61. The molecule has 0 amide bonds. The zero-order valence-electron chi connectivity index (χ0n) is 12.6. The smallest absolute Gasteiger partial charge is 0.230 e. The second kappa shape index (κ2) is 7.33. The molecule has 1 saturated heterocycles. The minimum Gasteiger partial charge on any atom is -0.378 e. The Bertz CT molecular complexity index is 604. The summed E-state index contributed by atoms with van der Waals surface area (Å²) < 4.78 is 5.38. The fourth-order valence-corrected chi connectivity index (χ4v) is 2.09. The number of ether oxygens (including phenoxy) is 1. The van der Waals surface area contributed by atoms with Crippen LogP contribution >= 0.6 is 12.4 Å². The van der Waals surface area contributed by atoms with E-state index in [2.05, 4.69) is 24.8 Å². The average Bonchev–Trinajstić information content (AvgIpc) is 2.56. The summed E-state index contributed by atoms with van der Waals surface area (Å²) in [6.07, 6.45) is 3.48. The molecule has 0 N–H and O–H groups in total. The Labute approximate surface area is 135 Å². The maximum absolute atomic E-state index is 5.38. The predicted octanol–water partition coefficient (Wildman–Crippen LogP) is 1.26. The van der Waals surface area contributed by atoms with Crippen molar-refractivity contribution in [2.45, 2.75) is 0 Å². The van der Waals surface area contributed by atoms with Crippen molar-refractivity contribution in [1.29, 1.82) is 0 Å². The van der Waals surface area contributed by atoms with E-state index in [0.29, 0.717) is 30.9 Å². The van der Waals surface area contributed by atoms with E-state index in [1.807, 2.05) is 31.1 Å². The molecule has 1 aliphatic rings. The van der Waals surface area contributed by atoms with Crippen LogP contribution in [0.15, 0.2) is 24.5 Å². The molecule has 2 aromatic rings. The van der Waals surface area contributed by atoms with Crippen LogP contribution in [0.2, 0.25) is 0 Å². The zero-order chi connectivity index (χ0) is 14.7. The van der Waals surface area contributed by atoms with Gasteiger partial charge in [-0.15, -0.1) is 12.4 Å². The number of hydrogen-bond donors (Lipinski definition) is 0. The normalized spacial score (nSPS) is 14.4. The highest BCUT2D eigenvalue weighted by molar-refractivity contribution is 5.85. The first kappa shape index (κ1) is 16.4. The SMILES string of the molecule is CN(C)c1nc(-c2ccncc2)nc(N2CCOCC2)n1.Cl. The van der Waals surface area contributed by atoms with Crippen LogP contribution in [-0.4, -0.2) is 60.3 Å². The van der Waals surface area contributed by atoms with Crippen LogP contribution in [-0.2, 0) is 4.74 Å². The van der Waals surface area contributed by atoms with Gasteiger partial charge < -0.3 is 14.5 Å². The Hall–Kier alpha value is -1.99. The molecule has 1 aliphatic heterocycles. The summed E-state index contributed by atoms with van der Waals surface area (Å²) in [6.45, 7) is 3.00. The summed E-state index contributed by atoms with van der Waals surface area (Å²) in [5.74, 6) is 2.01. The van der Waals surface area contributed by atoms with Crippen molar-refractivity contribution in [3.8, 4) is 11.4 Å². The first-order valence-corrected chi connectivity index (χ1v) is 6.90. The van der Waals surface area contributed by atoms with Gasteiger partial charge in [0.05, 0.1) is 13.2 Å². The topological polar surface area (TPSA) is 67.3 Å². The molecule has 0 aliphatic carbocycles. The Morgan fingerprint density at radius 2 is 1.73 bits per heavy atom. The third-order valence-electron chi connectivity index (χ3n) is 3.24. The van der Waals surface area contributed by atoms with Gasteiger partial charge in [0.1, 0.15) is 0 Å². The van der Waals surface area contributed by atoms with Crippen molar-refractivity contribution < 1.29 is 4.74 Å². The number of hydrogen-bond acceptors (Lipinski definition) is 7. The lowest BCUT2D eigenvalue weighted by Crippen LogP contribution is -2.37. The molecule has 0 spiro atoms. The van der Waals surface area contributed by atoms with Crippen molar-refractivity contribution >= 4 is 24.3 Å². The minimum atomic E-state index is 0. The van der Waals surface area contributed by atoms with E-state index in [9.17, 15) is 0 Å². The van der Waals surface area contributed by atoms with Crippen LogP contribution in [0.4, 0.5) is 11.9 Å². The Balaban J connectivity index is 0.00000176. The molecular formula is C14H19ClN6O. The number of pyridine rings is 1. The van der Waals surface area contributed by atoms with Crippen molar-refractivity contribution in [2.75, 3.05) is 50.2 Å². The Morgan fingerprint density at radius 1 is 1.05 bits per heavy atom. The van der Waals surface area contributed by atoms with Crippen LogP contribution in [0.3, 0.4) is 0 Å². The second-order valence-corrected chi connectivity index (χ2v) is 4.99. The highest BCUT2D eigenvalue weighted by atomic mass is 35.5. The number of morpholine rings is 1. The molecule has 118 valence electrons. The van der Waals surface area contributed by atoms with Gasteiger partial charge in [-0.2, -0.15) is 15.0 Å². The molecule has 3 heterocycles. The summed E-state index contributed by atoms with van der Waals surface area (Å²) in [5, 5.41) is 0. The molecule has 0 saturated carbocycles. The molecule has 0 radical (unpaired) electrons. The van der Waals surface area contributed by atoms with E-state index in [1.165, 1.54) is 0 Å². The van der Waals surface area contributed by atoms with E-state index in [4.69, 9.17) is 4.74 Å². The first-order chi connectivity index (χ1) is 10.2. The molecule has 3 rings (SSSR count). The molecule has 0 unspecified atom stereocenters. The van der Waals surface area contributed by atoms with E-state index in [-0.39, 0.29) is 12.4 Å². The first-order valence-electron chi connectivity index (χ1n) is 6.90. The largest absolute Gasteiger partial charge is 0.378 e. The maximum atomic E-state index is 5.38. The fraction of sp³-hybridized carbons (Fsp3) is 0.429. The van der Waals surface area contributed by atoms with Gasteiger partial charge in [0.25, 0.3) is 0 Å². The number of nitrogens with zero attached hydrogens (tertiary/aromatic N) is 6. The van der Waals surface area contributed by atoms with Gasteiger partial charge in [0.2, 0.25) is 11.9 Å². The summed E-state index contributed by atoms with van der Waals surface area (Å²) in [6, 6.07) is 3.80. The van der Waals surface area contributed by atoms with E-state index in [0.717, 1.165) is 18.7 Å². The van der Waals surface area contributed by atoms with Crippen LogP contribution in [0.1, 0.15) is 0 Å². The van der Waals surface area contributed by atoms with Crippen LogP contribution < -0.4 is 9.80 Å². The van der Waals surface area contributed by atoms with Crippen LogP contribution in [0.25, 0.3) is 11.4 Å². The monoisotopic (exact) mass is 322 g/mol. The molecule has 0 atom stereocenters. The maximum Gasteiger partial charge on any atom is 0.230 e. The van der Waals surface area contributed by atoms with E-state index in [1.54, 1.807) is 12.4 Å². The quantitative estimate of drug-likeness (QED) is 0.842. The Kier molecular flexibility index (Phi) is 5.46. The standard InChI is InChI=1S/C14H18N6O.ClH/c1-19(2)13-16-12(11-3-5-15-6-4-11)17-14(18-13)20-7-9-21-10-8-20;/h3-6H,7-10H2,1-2H3;1H. The molecular weight excluding hydrogens is 304 g/mol. The number of halogens is 1. The zero-order valence-corrected chi connectivity index (χ0v) is 13.5. The average molecular weight is 323 g/mol. The van der Waals surface area contributed by atoms with Gasteiger partial charge in [0, 0.05) is 45.1 Å². The molecule has 8 heteroatoms. The van der Waals surface area contributed by atoms with Gasteiger partial charge in [-0.25, -0.2) is 0 Å². The fourth-order valence-electron chi connectivity index (χ4n) is 2.09. The Morgan fingerprint density at radius 3 is 2.36 bits per heavy atom. The van der Waals surface area contributed by atoms with Crippen molar-refractivity contribution in [2.24, 2.45) is 0 Å². The van der Waals surface area contributed by atoms with Gasteiger partial charge >= 0.3 is 0 Å². The molecule has 7 nitrogen and oxygen atoms in total. The molecule has 0 aromatic carbocycles. The summed E-state index contributed by atoms with van der Waals surface area (Å²) in [4.78, 5) is 21.7. The predicted molar refractivity (Wildman–Crippen MR) is 87.7 cm³/mol. The lowest BCUT2D eigenvalue weighted by atomic mass is 10.2. The van der Waals surface area contributed by atoms with Gasteiger partial charge in [-0.3, -0.25) is 4.98 Å². The van der Waals surface area contributed by atoms with E-state index >= 15 is 0 Å². The highest BCUT2D eigenvalue weighted by Gasteiger charge is 2.17. The third-order valence-corrected chi connectivity index (χ3v) is 3.24. The summed E-state index contributed by atoms with van der Waals surface area (Å²) >= 11 is 0. The van der Waals surface area contributed by atoms with Crippen molar-refractivity contribution in [1.82, 2.24) is 19.9 Å². The highest BCUT2D eigenvalue weighted by Crippen LogP contribution is 2.20. The molecule has 0 bridgehead atoms. The van der Waals surface area contributed by atoms with E-state index < -0.39 is 0 Å². The second-order valence-electron chi connectivity index (χ2n) is 4.99. The van der Waals surface area contributed by atoms with Crippen molar-refractivity contribution in [3.05, 3.63) is 24.5 Å².